The largest absolute Gasteiger partial charge is 0.464 e. The molecule has 140 valence electrons. The van der Waals surface area contributed by atoms with Crippen molar-refractivity contribution in [3.05, 3.63) is 0 Å². The second-order valence-electron chi connectivity index (χ2n) is 7.64. The van der Waals surface area contributed by atoms with Gasteiger partial charge in [0.15, 0.2) is 0 Å². The summed E-state index contributed by atoms with van der Waals surface area (Å²) in [5.74, 6) is 0.699. The number of carbonyl (C=O) groups is 1. The van der Waals surface area contributed by atoms with Gasteiger partial charge >= 0.3 is 5.97 Å². The SMILES string of the molecule is Cl.O=C(OCCN1CCOCC1)C1(C2CCCCC2)CCCCC1. The van der Waals surface area contributed by atoms with Crippen molar-refractivity contribution in [3.63, 3.8) is 0 Å². The van der Waals surface area contributed by atoms with Gasteiger partial charge in [-0.2, -0.15) is 0 Å². The van der Waals surface area contributed by atoms with Crippen LogP contribution in [0, 0.1) is 11.3 Å². The zero-order valence-electron chi connectivity index (χ0n) is 15.0. The van der Waals surface area contributed by atoms with E-state index in [1.165, 1.54) is 51.4 Å². The molecule has 4 nitrogen and oxygen atoms in total. The van der Waals surface area contributed by atoms with E-state index >= 15 is 0 Å². The van der Waals surface area contributed by atoms with Crippen LogP contribution in [0.2, 0.25) is 0 Å². The van der Waals surface area contributed by atoms with Crippen LogP contribution < -0.4 is 0 Å². The number of esters is 1. The van der Waals surface area contributed by atoms with Gasteiger partial charge in [0.25, 0.3) is 0 Å². The highest BCUT2D eigenvalue weighted by molar-refractivity contribution is 5.85. The van der Waals surface area contributed by atoms with Gasteiger partial charge in [0.1, 0.15) is 6.61 Å². The number of halogens is 1. The summed E-state index contributed by atoms with van der Waals surface area (Å²) in [6.07, 6.45) is 12.2. The first kappa shape index (κ1) is 20.0. The predicted molar refractivity (Wildman–Crippen MR) is 97.6 cm³/mol. The molecule has 24 heavy (non-hydrogen) atoms. The van der Waals surface area contributed by atoms with E-state index < -0.39 is 0 Å². The van der Waals surface area contributed by atoms with Gasteiger partial charge in [-0.05, 0) is 31.6 Å². The van der Waals surface area contributed by atoms with Crippen molar-refractivity contribution >= 4 is 18.4 Å². The Hall–Kier alpha value is -0.320. The summed E-state index contributed by atoms with van der Waals surface area (Å²) < 4.78 is 11.2. The van der Waals surface area contributed by atoms with E-state index in [0.29, 0.717) is 12.5 Å². The molecule has 2 saturated carbocycles. The Morgan fingerprint density at radius 1 is 1.00 bits per heavy atom. The maximum atomic E-state index is 13.0. The van der Waals surface area contributed by atoms with Crippen molar-refractivity contribution in [1.82, 2.24) is 4.90 Å². The van der Waals surface area contributed by atoms with E-state index in [0.717, 1.165) is 45.7 Å². The molecule has 0 atom stereocenters. The van der Waals surface area contributed by atoms with Gasteiger partial charge in [0.2, 0.25) is 0 Å². The molecule has 1 saturated heterocycles. The fraction of sp³-hybridized carbons (Fsp3) is 0.947. The summed E-state index contributed by atoms with van der Waals surface area (Å²) in [4.78, 5) is 15.3. The quantitative estimate of drug-likeness (QED) is 0.699. The summed E-state index contributed by atoms with van der Waals surface area (Å²) in [5.41, 5.74) is -0.149. The van der Waals surface area contributed by atoms with Crippen molar-refractivity contribution in [2.75, 3.05) is 39.5 Å². The lowest BCUT2D eigenvalue weighted by Gasteiger charge is -2.43. The first-order valence-electron chi connectivity index (χ1n) is 9.79. The molecule has 0 aromatic carbocycles. The Balaban J connectivity index is 0.00000208. The van der Waals surface area contributed by atoms with Crippen LogP contribution >= 0.6 is 12.4 Å². The van der Waals surface area contributed by atoms with E-state index in [2.05, 4.69) is 4.90 Å². The topological polar surface area (TPSA) is 38.8 Å². The molecular weight excluding hydrogens is 326 g/mol. The summed E-state index contributed by atoms with van der Waals surface area (Å²) in [6.45, 7) is 4.94. The fourth-order valence-electron chi connectivity index (χ4n) is 4.85. The molecule has 3 fully saturated rings. The Bertz CT molecular complexity index is 373. The van der Waals surface area contributed by atoms with Crippen molar-refractivity contribution in [2.24, 2.45) is 11.3 Å². The van der Waals surface area contributed by atoms with Gasteiger partial charge in [0.05, 0.1) is 18.6 Å². The minimum atomic E-state index is -0.149. The molecule has 5 heteroatoms. The summed E-state index contributed by atoms with van der Waals surface area (Å²) >= 11 is 0. The van der Waals surface area contributed by atoms with Gasteiger partial charge in [-0.25, -0.2) is 0 Å². The van der Waals surface area contributed by atoms with Gasteiger partial charge < -0.3 is 9.47 Å². The smallest absolute Gasteiger partial charge is 0.312 e. The highest BCUT2D eigenvalue weighted by Crippen LogP contribution is 2.49. The monoisotopic (exact) mass is 359 g/mol. The number of hydrogen-bond acceptors (Lipinski definition) is 4. The lowest BCUT2D eigenvalue weighted by Crippen LogP contribution is -2.44. The van der Waals surface area contributed by atoms with E-state index in [4.69, 9.17) is 9.47 Å². The predicted octanol–water partition coefficient (Wildman–Crippen LogP) is 3.81. The average molecular weight is 360 g/mol. The number of ether oxygens (including phenoxy) is 2. The third kappa shape index (κ3) is 4.86. The van der Waals surface area contributed by atoms with E-state index in [1.54, 1.807) is 0 Å². The third-order valence-electron chi connectivity index (χ3n) is 6.28. The first-order chi connectivity index (χ1) is 11.3. The Kier molecular flexibility index (Phi) is 8.32. The van der Waals surface area contributed by atoms with Crippen LogP contribution in [-0.2, 0) is 14.3 Å². The molecule has 0 unspecified atom stereocenters. The second kappa shape index (κ2) is 9.98. The van der Waals surface area contributed by atoms with Crippen molar-refractivity contribution < 1.29 is 14.3 Å². The zero-order valence-corrected chi connectivity index (χ0v) is 15.8. The van der Waals surface area contributed by atoms with Gasteiger partial charge in [0, 0.05) is 19.6 Å². The van der Waals surface area contributed by atoms with Crippen LogP contribution in [0.1, 0.15) is 64.2 Å². The van der Waals surface area contributed by atoms with Crippen LogP contribution in [0.15, 0.2) is 0 Å². The molecule has 3 aliphatic rings. The molecule has 1 aliphatic heterocycles. The number of carbonyl (C=O) groups excluding carboxylic acids is 1. The average Bonchev–Trinajstić information content (AvgIpc) is 2.64. The molecule has 0 spiro atoms. The molecule has 3 rings (SSSR count). The van der Waals surface area contributed by atoms with Gasteiger partial charge in [-0.3, -0.25) is 9.69 Å². The van der Waals surface area contributed by atoms with Crippen molar-refractivity contribution in [3.8, 4) is 0 Å². The normalized spacial score (nSPS) is 25.7. The number of hydrogen-bond donors (Lipinski definition) is 0. The lowest BCUT2D eigenvalue weighted by molar-refractivity contribution is -0.164. The molecule has 0 bridgehead atoms. The van der Waals surface area contributed by atoms with E-state index in [9.17, 15) is 4.79 Å². The molecule has 2 aliphatic carbocycles. The number of morpholine rings is 1. The van der Waals surface area contributed by atoms with Gasteiger partial charge in [-0.15, -0.1) is 12.4 Å². The zero-order chi connectivity index (χ0) is 16.0. The Labute approximate surface area is 153 Å². The Morgan fingerprint density at radius 2 is 1.62 bits per heavy atom. The van der Waals surface area contributed by atoms with E-state index in [1.807, 2.05) is 0 Å². The van der Waals surface area contributed by atoms with Crippen LogP contribution in [0.25, 0.3) is 0 Å². The molecule has 0 N–H and O–H groups in total. The minimum Gasteiger partial charge on any atom is -0.464 e. The van der Waals surface area contributed by atoms with Gasteiger partial charge in [-0.1, -0.05) is 38.5 Å². The third-order valence-corrected chi connectivity index (χ3v) is 6.28. The number of nitrogens with zero attached hydrogens (tertiary/aromatic N) is 1. The lowest BCUT2D eigenvalue weighted by atomic mass is 9.62. The molecule has 0 radical (unpaired) electrons. The highest BCUT2D eigenvalue weighted by Gasteiger charge is 2.47. The first-order valence-corrected chi connectivity index (χ1v) is 9.79. The molecule has 0 amide bonds. The van der Waals surface area contributed by atoms with Crippen molar-refractivity contribution in [2.45, 2.75) is 64.2 Å². The van der Waals surface area contributed by atoms with Crippen LogP contribution in [0.3, 0.4) is 0 Å². The minimum absolute atomic E-state index is 0. The summed E-state index contributed by atoms with van der Waals surface area (Å²) in [7, 11) is 0. The van der Waals surface area contributed by atoms with Crippen LogP contribution in [-0.4, -0.2) is 50.3 Å². The second-order valence-corrected chi connectivity index (χ2v) is 7.64. The standard InChI is InChI=1S/C19H33NO3.ClH/c21-18(23-16-13-20-11-14-22-15-12-20)19(9-5-2-6-10-19)17-7-3-1-4-8-17;/h17H,1-16H2;1H. The molecule has 0 aromatic heterocycles. The molecule has 0 aromatic rings. The maximum Gasteiger partial charge on any atom is 0.312 e. The summed E-state index contributed by atoms with van der Waals surface area (Å²) in [6, 6.07) is 0. The molecular formula is C19H34ClNO3. The van der Waals surface area contributed by atoms with Crippen LogP contribution in [0.5, 0.6) is 0 Å². The van der Waals surface area contributed by atoms with Crippen molar-refractivity contribution in [1.29, 1.82) is 0 Å². The molecule has 1 heterocycles. The fourth-order valence-corrected chi connectivity index (χ4v) is 4.85. The maximum absolute atomic E-state index is 13.0. The Morgan fingerprint density at radius 3 is 2.29 bits per heavy atom. The van der Waals surface area contributed by atoms with E-state index in [-0.39, 0.29) is 23.8 Å². The highest BCUT2D eigenvalue weighted by atomic mass is 35.5. The number of rotatable bonds is 5. The summed E-state index contributed by atoms with van der Waals surface area (Å²) in [5, 5.41) is 0. The van der Waals surface area contributed by atoms with Crippen LogP contribution in [0.4, 0.5) is 0 Å².